The van der Waals surface area contributed by atoms with Crippen LogP contribution in [0.25, 0.3) is 0 Å². The summed E-state index contributed by atoms with van der Waals surface area (Å²) in [6.07, 6.45) is -0.778. The monoisotopic (exact) mass is 490 g/mol. The first-order valence-electron chi connectivity index (χ1n) is 10.3. The molecule has 0 aromatic heterocycles. The minimum absolute atomic E-state index is 0.0416. The van der Waals surface area contributed by atoms with Gasteiger partial charge in [-0.25, -0.2) is 0 Å². The van der Waals surface area contributed by atoms with Crippen LogP contribution in [0.1, 0.15) is 58.6 Å². The SMILES string of the molecule is CC(Oc1ccc(C(C)(C)C)cc1)C(=O)NNC(=O)COc1ccc(C(C)C)cc1Br. The predicted octanol–water partition coefficient (Wildman–Crippen LogP) is 4.86. The molecule has 0 saturated heterocycles. The third-order valence-electron chi connectivity index (χ3n) is 4.71. The average Bonchev–Trinajstić information content (AvgIpc) is 2.70. The smallest absolute Gasteiger partial charge is 0.279 e. The molecule has 168 valence electrons. The van der Waals surface area contributed by atoms with E-state index < -0.39 is 17.9 Å². The van der Waals surface area contributed by atoms with Gasteiger partial charge < -0.3 is 9.47 Å². The molecule has 1 atom stereocenters. The van der Waals surface area contributed by atoms with E-state index in [1.807, 2.05) is 42.5 Å². The van der Waals surface area contributed by atoms with E-state index in [1.54, 1.807) is 6.92 Å². The standard InChI is InChI=1S/C24H31BrN2O4/c1-15(2)17-7-12-21(20(25)13-17)30-14-22(28)26-27-23(29)16(3)31-19-10-8-18(9-11-19)24(4,5)6/h7-13,15-16H,14H2,1-6H3,(H,26,28)(H,27,29). The van der Waals surface area contributed by atoms with Gasteiger partial charge >= 0.3 is 0 Å². The molecule has 2 N–H and O–H groups in total. The number of halogens is 1. The lowest BCUT2D eigenvalue weighted by Gasteiger charge is -2.20. The Morgan fingerprint density at radius 2 is 1.65 bits per heavy atom. The Hall–Kier alpha value is -2.54. The zero-order valence-electron chi connectivity index (χ0n) is 18.9. The van der Waals surface area contributed by atoms with Crippen molar-refractivity contribution in [2.75, 3.05) is 6.61 Å². The molecule has 6 nitrogen and oxygen atoms in total. The number of nitrogens with one attached hydrogen (secondary N) is 2. The lowest BCUT2D eigenvalue weighted by molar-refractivity contribution is -0.133. The van der Waals surface area contributed by atoms with Crippen molar-refractivity contribution in [3.63, 3.8) is 0 Å². The second-order valence-electron chi connectivity index (χ2n) is 8.71. The summed E-state index contributed by atoms with van der Waals surface area (Å²) in [6, 6.07) is 13.4. The van der Waals surface area contributed by atoms with E-state index in [0.29, 0.717) is 17.4 Å². The zero-order chi connectivity index (χ0) is 23.2. The van der Waals surface area contributed by atoms with Gasteiger partial charge in [-0.15, -0.1) is 0 Å². The maximum absolute atomic E-state index is 12.2. The number of amides is 2. The number of ether oxygens (including phenoxy) is 2. The summed E-state index contributed by atoms with van der Waals surface area (Å²) < 4.78 is 11.9. The molecular formula is C24H31BrN2O4. The van der Waals surface area contributed by atoms with Crippen LogP contribution in [-0.2, 0) is 15.0 Å². The van der Waals surface area contributed by atoms with E-state index >= 15 is 0 Å². The molecule has 7 heteroatoms. The molecule has 31 heavy (non-hydrogen) atoms. The third-order valence-corrected chi connectivity index (χ3v) is 5.33. The van der Waals surface area contributed by atoms with Gasteiger partial charge in [0.1, 0.15) is 11.5 Å². The number of benzene rings is 2. The minimum atomic E-state index is -0.778. The van der Waals surface area contributed by atoms with Crippen molar-refractivity contribution in [2.24, 2.45) is 0 Å². The average molecular weight is 491 g/mol. The van der Waals surface area contributed by atoms with Crippen LogP contribution in [0.15, 0.2) is 46.9 Å². The van der Waals surface area contributed by atoms with E-state index in [-0.39, 0.29) is 12.0 Å². The predicted molar refractivity (Wildman–Crippen MR) is 125 cm³/mol. The largest absolute Gasteiger partial charge is 0.483 e. The maximum Gasteiger partial charge on any atom is 0.279 e. The van der Waals surface area contributed by atoms with Crippen molar-refractivity contribution in [1.82, 2.24) is 10.9 Å². The van der Waals surface area contributed by atoms with E-state index in [4.69, 9.17) is 9.47 Å². The fraction of sp³-hybridized carbons (Fsp3) is 0.417. The molecule has 2 aromatic rings. The van der Waals surface area contributed by atoms with Crippen molar-refractivity contribution in [2.45, 2.75) is 59.0 Å². The molecule has 0 fully saturated rings. The van der Waals surface area contributed by atoms with Gasteiger partial charge in [0, 0.05) is 0 Å². The molecule has 0 aliphatic carbocycles. The Morgan fingerprint density at radius 1 is 1.00 bits per heavy atom. The number of carbonyl (C=O) groups is 2. The molecule has 0 spiro atoms. The highest BCUT2D eigenvalue weighted by Gasteiger charge is 2.17. The molecule has 0 heterocycles. The lowest BCUT2D eigenvalue weighted by Crippen LogP contribution is -2.48. The van der Waals surface area contributed by atoms with Crippen LogP contribution >= 0.6 is 15.9 Å². The number of hydrazine groups is 1. The summed E-state index contributed by atoms with van der Waals surface area (Å²) in [5.74, 6) is 0.594. The summed E-state index contributed by atoms with van der Waals surface area (Å²) in [5.41, 5.74) is 7.08. The molecule has 1 unspecified atom stereocenters. The fourth-order valence-corrected chi connectivity index (χ4v) is 3.21. The van der Waals surface area contributed by atoms with E-state index in [1.165, 1.54) is 5.56 Å². The number of rotatable bonds is 7. The molecule has 2 amide bonds. The van der Waals surface area contributed by atoms with Crippen LogP contribution in [0.4, 0.5) is 0 Å². The minimum Gasteiger partial charge on any atom is -0.483 e. The van der Waals surface area contributed by atoms with Gasteiger partial charge in [-0.05, 0) is 69.6 Å². The first kappa shape index (κ1) is 24.7. The molecule has 0 aliphatic heterocycles. The maximum atomic E-state index is 12.2. The Kier molecular flexibility index (Phi) is 8.51. The highest BCUT2D eigenvalue weighted by Crippen LogP contribution is 2.29. The fourth-order valence-electron chi connectivity index (χ4n) is 2.70. The molecule has 2 rings (SSSR count). The van der Waals surface area contributed by atoms with Gasteiger partial charge in [0.05, 0.1) is 4.47 Å². The van der Waals surface area contributed by atoms with Gasteiger partial charge in [0.15, 0.2) is 12.7 Å². The molecular weight excluding hydrogens is 460 g/mol. The van der Waals surface area contributed by atoms with E-state index in [0.717, 1.165) is 10.0 Å². The second kappa shape index (κ2) is 10.7. The first-order chi connectivity index (χ1) is 14.5. The van der Waals surface area contributed by atoms with Gasteiger partial charge in [-0.1, -0.05) is 52.8 Å². The number of hydrogen-bond donors (Lipinski definition) is 2. The first-order valence-corrected chi connectivity index (χ1v) is 11.0. The van der Waals surface area contributed by atoms with Crippen LogP contribution in [0.3, 0.4) is 0 Å². The van der Waals surface area contributed by atoms with Gasteiger partial charge in [0.25, 0.3) is 11.8 Å². The highest BCUT2D eigenvalue weighted by atomic mass is 79.9. The second-order valence-corrected chi connectivity index (χ2v) is 9.56. The summed E-state index contributed by atoms with van der Waals surface area (Å²) in [5, 5.41) is 0. The van der Waals surface area contributed by atoms with Crippen LogP contribution < -0.4 is 20.3 Å². The van der Waals surface area contributed by atoms with Crippen molar-refractivity contribution < 1.29 is 19.1 Å². The van der Waals surface area contributed by atoms with Crippen LogP contribution in [-0.4, -0.2) is 24.5 Å². The Bertz CT molecular complexity index is 905. The topological polar surface area (TPSA) is 76.7 Å². The van der Waals surface area contributed by atoms with Crippen molar-refractivity contribution in [3.8, 4) is 11.5 Å². The van der Waals surface area contributed by atoms with Crippen LogP contribution in [0.2, 0.25) is 0 Å². The van der Waals surface area contributed by atoms with E-state index in [9.17, 15) is 9.59 Å². The van der Waals surface area contributed by atoms with E-state index in [2.05, 4.69) is 61.4 Å². The highest BCUT2D eigenvalue weighted by molar-refractivity contribution is 9.10. The van der Waals surface area contributed by atoms with Crippen molar-refractivity contribution >= 4 is 27.7 Å². The third kappa shape index (κ3) is 7.58. The summed E-state index contributed by atoms with van der Waals surface area (Å²) in [4.78, 5) is 24.2. The molecule has 0 radical (unpaired) electrons. The van der Waals surface area contributed by atoms with Crippen LogP contribution in [0, 0.1) is 0 Å². The van der Waals surface area contributed by atoms with Crippen molar-refractivity contribution in [3.05, 3.63) is 58.1 Å². The summed E-state index contributed by atoms with van der Waals surface area (Å²) in [6.45, 7) is 12.0. The molecule has 0 saturated carbocycles. The van der Waals surface area contributed by atoms with Gasteiger partial charge in [0.2, 0.25) is 0 Å². The summed E-state index contributed by atoms with van der Waals surface area (Å²) >= 11 is 3.45. The zero-order valence-corrected chi connectivity index (χ0v) is 20.5. The molecule has 0 aliphatic rings. The lowest BCUT2D eigenvalue weighted by atomic mass is 9.87. The number of hydrogen-bond acceptors (Lipinski definition) is 4. The normalized spacial score (nSPS) is 12.3. The van der Waals surface area contributed by atoms with Crippen molar-refractivity contribution in [1.29, 1.82) is 0 Å². The Balaban J connectivity index is 1.79. The number of carbonyl (C=O) groups excluding carboxylic acids is 2. The summed E-state index contributed by atoms with van der Waals surface area (Å²) in [7, 11) is 0. The Labute approximate surface area is 192 Å². The van der Waals surface area contributed by atoms with Gasteiger partial charge in [-0.3, -0.25) is 20.4 Å². The Morgan fingerprint density at radius 3 is 2.19 bits per heavy atom. The van der Waals surface area contributed by atoms with Crippen LogP contribution in [0.5, 0.6) is 11.5 Å². The molecule has 2 aromatic carbocycles. The molecule has 0 bridgehead atoms. The quantitative estimate of drug-likeness (QED) is 0.543. The van der Waals surface area contributed by atoms with Gasteiger partial charge in [-0.2, -0.15) is 0 Å².